The topological polar surface area (TPSA) is 68.0 Å². The van der Waals surface area contributed by atoms with Gasteiger partial charge in [-0.05, 0) is 17.5 Å². The van der Waals surface area contributed by atoms with Gasteiger partial charge >= 0.3 is 0 Å². The molecule has 2 aromatic carbocycles. The number of hydrogen-bond acceptors (Lipinski definition) is 3. The number of aromatic nitrogens is 1. The highest BCUT2D eigenvalue weighted by atomic mass is 19.2. The smallest absolute Gasteiger partial charge is 0.250 e. The number of amides is 1. The molecule has 23 heavy (non-hydrogen) atoms. The quantitative estimate of drug-likeness (QED) is 0.727. The normalized spacial score (nSPS) is 10.7. The lowest BCUT2D eigenvalue weighted by molar-refractivity contribution is 0.100. The summed E-state index contributed by atoms with van der Waals surface area (Å²) in [6.07, 6.45) is 1.24. The van der Waals surface area contributed by atoms with Gasteiger partial charge in [-0.3, -0.25) is 4.79 Å². The molecule has 7 heteroatoms. The van der Waals surface area contributed by atoms with E-state index in [1.165, 1.54) is 6.20 Å². The number of anilines is 2. The van der Waals surface area contributed by atoms with E-state index in [0.29, 0.717) is 10.8 Å². The number of carbonyl (C=O) groups is 1. The van der Waals surface area contributed by atoms with Gasteiger partial charge in [0, 0.05) is 11.6 Å². The molecule has 0 fully saturated rings. The van der Waals surface area contributed by atoms with Crippen molar-refractivity contribution in [3.05, 3.63) is 65.6 Å². The summed E-state index contributed by atoms with van der Waals surface area (Å²) in [7, 11) is 0. The Hall–Kier alpha value is -3.09. The number of pyridine rings is 1. The van der Waals surface area contributed by atoms with Gasteiger partial charge in [-0.1, -0.05) is 24.3 Å². The second kappa shape index (κ2) is 5.60. The van der Waals surface area contributed by atoms with Crippen LogP contribution in [0.2, 0.25) is 0 Å². The van der Waals surface area contributed by atoms with E-state index >= 15 is 0 Å². The van der Waals surface area contributed by atoms with Gasteiger partial charge in [0.2, 0.25) is 0 Å². The largest absolute Gasteiger partial charge is 0.366 e. The highest BCUT2D eigenvalue weighted by Crippen LogP contribution is 2.28. The molecule has 3 N–H and O–H groups in total. The van der Waals surface area contributed by atoms with Gasteiger partial charge < -0.3 is 11.1 Å². The lowest BCUT2D eigenvalue weighted by Gasteiger charge is -2.11. The maximum Gasteiger partial charge on any atom is 0.250 e. The first-order valence-electron chi connectivity index (χ1n) is 6.57. The Bertz CT molecular complexity index is 928. The lowest BCUT2D eigenvalue weighted by Crippen LogP contribution is -2.12. The van der Waals surface area contributed by atoms with E-state index in [0.717, 1.165) is 12.1 Å². The number of halogens is 3. The molecule has 1 heterocycles. The molecule has 4 nitrogen and oxygen atoms in total. The minimum Gasteiger partial charge on any atom is -0.366 e. The number of primary amides is 1. The number of hydrogen-bond donors (Lipinski definition) is 2. The minimum atomic E-state index is -1.58. The molecule has 3 aromatic rings. The third-order valence-corrected chi connectivity index (χ3v) is 3.35. The number of rotatable bonds is 3. The van der Waals surface area contributed by atoms with Gasteiger partial charge in [0.1, 0.15) is 5.82 Å². The monoisotopic (exact) mass is 317 g/mol. The second-order valence-electron chi connectivity index (χ2n) is 4.78. The Balaban J connectivity index is 2.14. The number of nitrogens with zero attached hydrogens (tertiary/aromatic N) is 1. The average Bonchev–Trinajstić information content (AvgIpc) is 2.55. The predicted molar refractivity (Wildman–Crippen MR) is 79.9 cm³/mol. The number of nitrogens with one attached hydrogen (secondary N) is 1. The van der Waals surface area contributed by atoms with E-state index in [9.17, 15) is 18.0 Å². The Morgan fingerprint density at radius 2 is 1.70 bits per heavy atom. The molecule has 0 atom stereocenters. The van der Waals surface area contributed by atoms with E-state index in [1.54, 1.807) is 24.3 Å². The van der Waals surface area contributed by atoms with Crippen molar-refractivity contribution in [3.8, 4) is 0 Å². The van der Waals surface area contributed by atoms with Crippen LogP contribution < -0.4 is 11.1 Å². The van der Waals surface area contributed by atoms with Crippen molar-refractivity contribution < 1.29 is 18.0 Å². The summed E-state index contributed by atoms with van der Waals surface area (Å²) in [5.41, 5.74) is 5.23. The van der Waals surface area contributed by atoms with Crippen LogP contribution in [-0.4, -0.2) is 10.9 Å². The standard InChI is InChI=1S/C16H10F3N3O/c17-11-5-6-12(14(19)13(11)18)22-16-9-4-2-1-3-8(9)10(7-21-16)15(20)23/h1-7H,(H2,20,23)(H,21,22). The summed E-state index contributed by atoms with van der Waals surface area (Å²) in [4.78, 5) is 15.5. The molecule has 0 aliphatic rings. The molecular formula is C16H10F3N3O. The highest BCUT2D eigenvalue weighted by Gasteiger charge is 2.16. The van der Waals surface area contributed by atoms with Gasteiger partial charge in [-0.2, -0.15) is 0 Å². The van der Waals surface area contributed by atoms with Crippen LogP contribution in [0.3, 0.4) is 0 Å². The zero-order valence-corrected chi connectivity index (χ0v) is 11.6. The molecule has 116 valence electrons. The molecule has 0 bridgehead atoms. The van der Waals surface area contributed by atoms with Gasteiger partial charge in [-0.15, -0.1) is 0 Å². The van der Waals surface area contributed by atoms with Crippen LogP contribution >= 0.6 is 0 Å². The van der Waals surface area contributed by atoms with E-state index < -0.39 is 23.4 Å². The molecule has 1 amide bonds. The summed E-state index contributed by atoms with van der Waals surface area (Å²) in [6.45, 7) is 0. The lowest BCUT2D eigenvalue weighted by atomic mass is 10.1. The fourth-order valence-corrected chi connectivity index (χ4v) is 2.24. The van der Waals surface area contributed by atoms with E-state index in [4.69, 9.17) is 5.73 Å². The molecule has 3 rings (SSSR count). The fraction of sp³-hybridized carbons (Fsp3) is 0. The van der Waals surface area contributed by atoms with Gasteiger partial charge in [-0.25, -0.2) is 18.2 Å². The molecule has 1 aromatic heterocycles. The van der Waals surface area contributed by atoms with Crippen molar-refractivity contribution >= 4 is 28.2 Å². The molecule has 0 saturated carbocycles. The molecule has 0 radical (unpaired) electrons. The van der Waals surface area contributed by atoms with Crippen molar-refractivity contribution in [2.45, 2.75) is 0 Å². The first-order valence-corrected chi connectivity index (χ1v) is 6.57. The molecule has 0 spiro atoms. The van der Waals surface area contributed by atoms with Crippen LogP contribution in [0, 0.1) is 17.5 Å². The van der Waals surface area contributed by atoms with Crippen LogP contribution in [0.5, 0.6) is 0 Å². The maximum absolute atomic E-state index is 13.8. The third-order valence-electron chi connectivity index (χ3n) is 3.35. The maximum atomic E-state index is 13.8. The molecule has 0 aliphatic carbocycles. The fourth-order valence-electron chi connectivity index (χ4n) is 2.24. The summed E-state index contributed by atoms with van der Waals surface area (Å²) in [5.74, 6) is -4.67. The summed E-state index contributed by atoms with van der Waals surface area (Å²) in [6, 6.07) is 8.57. The van der Waals surface area contributed by atoms with Crippen molar-refractivity contribution in [1.29, 1.82) is 0 Å². The molecule has 0 saturated heterocycles. The highest BCUT2D eigenvalue weighted by molar-refractivity contribution is 6.08. The SMILES string of the molecule is NC(=O)c1cnc(Nc2ccc(F)c(F)c2F)c2ccccc12. The molecule has 0 unspecified atom stereocenters. The first-order chi connectivity index (χ1) is 11.0. The van der Waals surface area contributed by atoms with Crippen LogP contribution in [0.4, 0.5) is 24.7 Å². The van der Waals surface area contributed by atoms with Crippen LogP contribution in [-0.2, 0) is 0 Å². The molecule has 0 aliphatic heterocycles. The summed E-state index contributed by atoms with van der Waals surface area (Å²) >= 11 is 0. The Morgan fingerprint density at radius 3 is 2.39 bits per heavy atom. The second-order valence-corrected chi connectivity index (χ2v) is 4.78. The van der Waals surface area contributed by atoms with Crippen LogP contribution in [0.15, 0.2) is 42.6 Å². The summed E-state index contributed by atoms with van der Waals surface area (Å²) < 4.78 is 40.1. The molecular weight excluding hydrogens is 307 g/mol. The average molecular weight is 317 g/mol. The van der Waals surface area contributed by atoms with Crippen molar-refractivity contribution in [1.82, 2.24) is 4.98 Å². The van der Waals surface area contributed by atoms with Gasteiger partial charge in [0.15, 0.2) is 17.5 Å². The number of fused-ring (bicyclic) bond motifs is 1. The zero-order chi connectivity index (χ0) is 16.6. The first kappa shape index (κ1) is 14.8. The Labute approximate surface area is 128 Å². The predicted octanol–water partition coefficient (Wildman–Crippen LogP) is 3.49. The van der Waals surface area contributed by atoms with E-state index in [-0.39, 0.29) is 17.1 Å². The van der Waals surface area contributed by atoms with Gasteiger partial charge in [0.05, 0.1) is 11.3 Å². The van der Waals surface area contributed by atoms with E-state index in [1.807, 2.05) is 0 Å². The van der Waals surface area contributed by atoms with Crippen LogP contribution in [0.1, 0.15) is 10.4 Å². The zero-order valence-electron chi connectivity index (χ0n) is 11.6. The number of nitrogens with two attached hydrogens (primary N) is 1. The Kier molecular flexibility index (Phi) is 3.61. The van der Waals surface area contributed by atoms with E-state index in [2.05, 4.69) is 10.3 Å². The summed E-state index contributed by atoms with van der Waals surface area (Å²) in [5, 5.41) is 3.61. The third kappa shape index (κ3) is 2.57. The Morgan fingerprint density at radius 1 is 1.00 bits per heavy atom. The van der Waals surface area contributed by atoms with Crippen molar-refractivity contribution in [3.63, 3.8) is 0 Å². The van der Waals surface area contributed by atoms with Crippen molar-refractivity contribution in [2.75, 3.05) is 5.32 Å². The van der Waals surface area contributed by atoms with Crippen molar-refractivity contribution in [2.24, 2.45) is 5.73 Å². The number of benzene rings is 2. The van der Waals surface area contributed by atoms with Crippen LogP contribution in [0.25, 0.3) is 10.8 Å². The van der Waals surface area contributed by atoms with Gasteiger partial charge in [0.25, 0.3) is 5.91 Å². The number of carbonyl (C=O) groups excluding carboxylic acids is 1. The minimum absolute atomic E-state index is 0.190.